The van der Waals surface area contributed by atoms with Crippen molar-refractivity contribution in [2.24, 2.45) is 0 Å². The first-order valence-corrected chi connectivity index (χ1v) is 18.7. The second-order valence-electron chi connectivity index (χ2n) is 11.9. The van der Waals surface area contributed by atoms with Crippen LogP contribution in [0.1, 0.15) is 200 Å². The molecule has 0 aliphatic heterocycles. The zero-order chi connectivity index (χ0) is 28.7. The Bertz CT molecular complexity index is 602. The van der Waals surface area contributed by atoms with Crippen LogP contribution in [-0.2, 0) is 14.6 Å². The lowest BCUT2D eigenvalue weighted by Crippen LogP contribution is -2.18. The lowest BCUT2D eigenvalue weighted by Gasteiger charge is -2.15. The van der Waals surface area contributed by atoms with E-state index in [0.717, 1.165) is 38.5 Å². The third kappa shape index (κ3) is 33.7. The molecule has 234 valence electrons. The van der Waals surface area contributed by atoms with E-state index in [1.165, 1.54) is 148 Å². The maximum atomic E-state index is 11.3. The normalized spacial score (nSPS) is 13.0. The summed E-state index contributed by atoms with van der Waals surface area (Å²) in [5.74, 6) is 0. The van der Waals surface area contributed by atoms with Gasteiger partial charge in [-0.25, -0.2) is 4.18 Å². The van der Waals surface area contributed by atoms with Gasteiger partial charge in [-0.1, -0.05) is 174 Å². The first-order chi connectivity index (χ1) is 19.0. The molecule has 0 saturated carbocycles. The number of unbranched alkanes of at least 4 members (excludes halogenated alkanes) is 24. The second-order valence-corrected chi connectivity index (χ2v) is 13.0. The predicted molar refractivity (Wildman–Crippen MR) is 171 cm³/mol. The molecule has 0 bridgehead atoms. The summed E-state index contributed by atoms with van der Waals surface area (Å²) < 4.78 is 36.7. The summed E-state index contributed by atoms with van der Waals surface area (Å²) >= 11 is 0. The first-order valence-electron chi connectivity index (χ1n) is 17.3. The van der Waals surface area contributed by atoms with Gasteiger partial charge in [0.25, 0.3) is 0 Å². The van der Waals surface area contributed by atoms with Crippen LogP contribution in [0.4, 0.5) is 0 Å². The molecule has 1 unspecified atom stereocenters. The molecule has 0 aromatic rings. The number of allylic oxidation sites excluding steroid dienone is 2. The molecule has 0 aliphatic carbocycles. The maximum absolute atomic E-state index is 11.3. The molecule has 0 fully saturated rings. The van der Waals surface area contributed by atoms with Crippen molar-refractivity contribution in [1.29, 1.82) is 0 Å². The monoisotopic (exact) mass is 572 g/mol. The van der Waals surface area contributed by atoms with Gasteiger partial charge in [0.15, 0.2) is 0 Å². The van der Waals surface area contributed by atoms with E-state index in [1.807, 2.05) is 0 Å². The zero-order valence-electron chi connectivity index (χ0n) is 26.3. The molecule has 0 aromatic carbocycles. The summed E-state index contributed by atoms with van der Waals surface area (Å²) in [5, 5.41) is 0. The van der Waals surface area contributed by atoms with E-state index in [1.54, 1.807) is 0 Å². The largest absolute Gasteiger partial charge is 0.397 e. The Morgan fingerprint density at radius 2 is 0.769 bits per heavy atom. The summed E-state index contributed by atoms with van der Waals surface area (Å²) in [6.45, 7) is 4.53. The summed E-state index contributed by atoms with van der Waals surface area (Å²) in [6.07, 6.45) is 40.4. The molecule has 0 saturated heterocycles. The fourth-order valence-corrected chi connectivity index (χ4v) is 5.96. The Kier molecular flexibility index (Phi) is 30.3. The van der Waals surface area contributed by atoms with Crippen molar-refractivity contribution in [3.8, 4) is 0 Å². The average molecular weight is 573 g/mol. The van der Waals surface area contributed by atoms with Crippen LogP contribution in [0.2, 0.25) is 0 Å². The summed E-state index contributed by atoms with van der Waals surface area (Å²) in [5.41, 5.74) is 0. The molecule has 0 radical (unpaired) electrons. The number of rotatable bonds is 32. The molecule has 0 aliphatic rings. The van der Waals surface area contributed by atoms with Gasteiger partial charge < -0.3 is 0 Å². The Morgan fingerprint density at radius 3 is 1.08 bits per heavy atom. The summed E-state index contributed by atoms with van der Waals surface area (Å²) in [6, 6.07) is 0. The van der Waals surface area contributed by atoms with Crippen molar-refractivity contribution in [2.45, 2.75) is 206 Å². The van der Waals surface area contributed by atoms with E-state index in [4.69, 9.17) is 4.18 Å². The third-order valence-corrected chi connectivity index (χ3v) is 8.44. The Labute approximate surface area is 245 Å². The fourth-order valence-electron chi connectivity index (χ4n) is 5.42. The van der Waals surface area contributed by atoms with Crippen LogP contribution in [-0.4, -0.2) is 19.1 Å². The Balaban J connectivity index is 3.66. The van der Waals surface area contributed by atoms with Gasteiger partial charge in [0, 0.05) is 0 Å². The fraction of sp³-hybridized carbons (Fsp3) is 0.941. The average Bonchev–Trinajstić information content (AvgIpc) is 2.90. The Hall–Kier alpha value is -0.390. The lowest BCUT2D eigenvalue weighted by atomic mass is 10.0. The van der Waals surface area contributed by atoms with Gasteiger partial charge in [0.1, 0.15) is 0 Å². The van der Waals surface area contributed by atoms with E-state index < -0.39 is 10.4 Å². The molecule has 1 atom stereocenters. The van der Waals surface area contributed by atoms with Crippen molar-refractivity contribution < 1.29 is 17.2 Å². The standard InChI is InChI=1S/C34H68O4S/c1-3-5-7-9-11-13-15-17-19-21-23-25-27-29-31-33-34(38-39(35,36)37)32-30-28-26-24-22-20-18-16-14-12-10-8-6-4-2/h17,19,34H,3-16,18,20-33H2,1-2H3,(H,35,36,37)/b19-17-. The summed E-state index contributed by atoms with van der Waals surface area (Å²) in [4.78, 5) is 0. The number of hydrogen-bond donors (Lipinski definition) is 1. The minimum Gasteiger partial charge on any atom is -0.264 e. The van der Waals surface area contributed by atoms with Crippen LogP contribution in [0, 0.1) is 0 Å². The van der Waals surface area contributed by atoms with Crippen molar-refractivity contribution in [3.05, 3.63) is 12.2 Å². The van der Waals surface area contributed by atoms with Crippen LogP contribution in [0.15, 0.2) is 12.2 Å². The molecule has 0 aromatic heterocycles. The molecule has 0 heterocycles. The van der Waals surface area contributed by atoms with Crippen LogP contribution >= 0.6 is 0 Å². The molecule has 5 heteroatoms. The minimum absolute atomic E-state index is 0.373. The SMILES string of the molecule is CCCCCCCC/C=C\CCCCCCCC(CCCCCCCCCCCCCCCC)OS(=O)(=O)O. The van der Waals surface area contributed by atoms with E-state index in [-0.39, 0.29) is 6.10 Å². The highest BCUT2D eigenvalue weighted by molar-refractivity contribution is 7.80. The molecule has 0 rings (SSSR count). The van der Waals surface area contributed by atoms with Gasteiger partial charge in [-0.3, -0.25) is 4.55 Å². The third-order valence-electron chi connectivity index (χ3n) is 7.93. The smallest absolute Gasteiger partial charge is 0.264 e. The van der Waals surface area contributed by atoms with E-state index >= 15 is 0 Å². The zero-order valence-corrected chi connectivity index (χ0v) is 27.1. The van der Waals surface area contributed by atoms with Gasteiger partial charge in [-0.05, 0) is 38.5 Å². The van der Waals surface area contributed by atoms with E-state index in [9.17, 15) is 13.0 Å². The van der Waals surface area contributed by atoms with Crippen LogP contribution in [0.5, 0.6) is 0 Å². The minimum atomic E-state index is -4.37. The quantitative estimate of drug-likeness (QED) is 0.0494. The highest BCUT2D eigenvalue weighted by Gasteiger charge is 2.16. The van der Waals surface area contributed by atoms with Crippen molar-refractivity contribution in [2.75, 3.05) is 0 Å². The van der Waals surface area contributed by atoms with E-state index in [0.29, 0.717) is 0 Å². The topological polar surface area (TPSA) is 63.6 Å². The predicted octanol–water partition coefficient (Wildman–Crippen LogP) is 12.1. The van der Waals surface area contributed by atoms with Gasteiger partial charge in [-0.2, -0.15) is 8.42 Å². The molecular weight excluding hydrogens is 504 g/mol. The molecule has 0 amide bonds. The van der Waals surface area contributed by atoms with Crippen LogP contribution in [0.25, 0.3) is 0 Å². The van der Waals surface area contributed by atoms with Crippen LogP contribution in [0.3, 0.4) is 0 Å². The van der Waals surface area contributed by atoms with Crippen molar-refractivity contribution in [1.82, 2.24) is 0 Å². The maximum Gasteiger partial charge on any atom is 0.397 e. The van der Waals surface area contributed by atoms with Gasteiger partial charge in [0.05, 0.1) is 6.10 Å². The van der Waals surface area contributed by atoms with Crippen molar-refractivity contribution >= 4 is 10.4 Å². The number of hydrogen-bond acceptors (Lipinski definition) is 3. The lowest BCUT2D eigenvalue weighted by molar-refractivity contribution is 0.157. The Morgan fingerprint density at radius 1 is 0.487 bits per heavy atom. The van der Waals surface area contributed by atoms with E-state index in [2.05, 4.69) is 26.0 Å². The molecule has 39 heavy (non-hydrogen) atoms. The highest BCUT2D eigenvalue weighted by Crippen LogP contribution is 2.19. The van der Waals surface area contributed by atoms with Crippen molar-refractivity contribution in [3.63, 3.8) is 0 Å². The molecule has 4 nitrogen and oxygen atoms in total. The molecular formula is C34H68O4S. The summed E-state index contributed by atoms with van der Waals surface area (Å²) in [7, 11) is -4.37. The van der Waals surface area contributed by atoms with Gasteiger partial charge in [0.2, 0.25) is 0 Å². The highest BCUT2D eigenvalue weighted by atomic mass is 32.3. The van der Waals surface area contributed by atoms with Gasteiger partial charge >= 0.3 is 10.4 Å². The van der Waals surface area contributed by atoms with Crippen LogP contribution < -0.4 is 0 Å². The van der Waals surface area contributed by atoms with Gasteiger partial charge in [-0.15, -0.1) is 0 Å². The molecule has 1 N–H and O–H groups in total. The molecule has 0 spiro atoms. The second kappa shape index (κ2) is 30.6. The first kappa shape index (κ1) is 38.6.